The fourth-order valence-corrected chi connectivity index (χ4v) is 2.73. The molecule has 0 saturated heterocycles. The van der Waals surface area contributed by atoms with Crippen LogP contribution >= 0.6 is 23.2 Å². The molecule has 3 aromatic carbocycles. The lowest BCUT2D eigenvalue weighted by Gasteiger charge is -2.09. The number of primary amides is 1. The van der Waals surface area contributed by atoms with E-state index in [2.05, 4.69) is 0 Å². The van der Waals surface area contributed by atoms with Crippen LogP contribution in [0, 0.1) is 0 Å². The molecule has 0 aliphatic carbocycles. The molecular weight excluding hydrogens is 281 g/mol. The van der Waals surface area contributed by atoms with E-state index in [0.717, 1.165) is 21.5 Å². The molecule has 19 heavy (non-hydrogen) atoms. The Balaban J connectivity index is 2.53. The van der Waals surface area contributed by atoms with Crippen molar-refractivity contribution in [3.63, 3.8) is 0 Å². The Morgan fingerprint density at radius 2 is 1.58 bits per heavy atom. The topological polar surface area (TPSA) is 43.1 Å². The van der Waals surface area contributed by atoms with Gasteiger partial charge in [0, 0.05) is 0 Å². The van der Waals surface area contributed by atoms with Crippen molar-refractivity contribution >= 4 is 50.7 Å². The molecule has 1 amide bonds. The highest BCUT2D eigenvalue weighted by Gasteiger charge is 2.15. The summed E-state index contributed by atoms with van der Waals surface area (Å²) in [6.45, 7) is 0. The van der Waals surface area contributed by atoms with Crippen LogP contribution in [0.4, 0.5) is 0 Å². The minimum Gasteiger partial charge on any atom is -0.366 e. The second-order valence-electron chi connectivity index (χ2n) is 4.33. The summed E-state index contributed by atoms with van der Waals surface area (Å²) < 4.78 is 0. The maximum Gasteiger partial charge on any atom is 0.250 e. The summed E-state index contributed by atoms with van der Waals surface area (Å²) in [7, 11) is 0. The second-order valence-corrected chi connectivity index (χ2v) is 5.12. The van der Waals surface area contributed by atoms with E-state index in [-0.39, 0.29) is 10.6 Å². The molecule has 0 unspecified atom stereocenters. The second kappa shape index (κ2) is 4.41. The summed E-state index contributed by atoms with van der Waals surface area (Å²) in [4.78, 5) is 11.6. The number of nitrogens with two attached hydrogens (primary N) is 1. The summed E-state index contributed by atoms with van der Waals surface area (Å²) in [6.07, 6.45) is 0. The van der Waals surface area contributed by atoms with Gasteiger partial charge in [-0.25, -0.2) is 0 Å². The zero-order valence-corrected chi connectivity index (χ0v) is 11.3. The first-order chi connectivity index (χ1) is 9.08. The van der Waals surface area contributed by atoms with Crippen LogP contribution in [0.1, 0.15) is 10.4 Å². The summed E-state index contributed by atoms with van der Waals surface area (Å²) in [5, 5.41) is 4.21. The predicted molar refractivity (Wildman–Crippen MR) is 80.0 cm³/mol. The third-order valence-corrected chi connectivity index (χ3v) is 3.93. The fourth-order valence-electron chi connectivity index (χ4n) is 2.27. The van der Waals surface area contributed by atoms with Gasteiger partial charge in [0.1, 0.15) is 0 Å². The molecule has 0 bridgehead atoms. The minimum absolute atomic E-state index is 0.206. The van der Waals surface area contributed by atoms with Gasteiger partial charge in [0.05, 0.1) is 15.6 Å². The summed E-state index contributed by atoms with van der Waals surface area (Å²) >= 11 is 12.1. The Labute approximate surface area is 119 Å². The van der Waals surface area contributed by atoms with E-state index in [4.69, 9.17) is 28.9 Å². The number of carbonyl (C=O) groups is 1. The van der Waals surface area contributed by atoms with E-state index < -0.39 is 5.91 Å². The molecular formula is C15H9Cl2NO. The standard InChI is InChI=1S/C15H9Cl2NO/c16-12-7-10-5-8-3-1-2-4-9(8)6-11(10)13(14(12)17)15(18)19/h1-7H,(H2,18,19). The monoisotopic (exact) mass is 289 g/mol. The van der Waals surface area contributed by atoms with Gasteiger partial charge in [-0.1, -0.05) is 47.5 Å². The number of amides is 1. The number of carbonyl (C=O) groups excluding carboxylic acids is 1. The lowest BCUT2D eigenvalue weighted by Crippen LogP contribution is -2.12. The van der Waals surface area contributed by atoms with Crippen LogP contribution in [0.25, 0.3) is 21.5 Å². The lowest BCUT2D eigenvalue weighted by molar-refractivity contribution is 0.100. The number of hydrogen-bond donors (Lipinski definition) is 1. The van der Waals surface area contributed by atoms with Crippen molar-refractivity contribution in [3.05, 3.63) is 58.1 Å². The normalized spacial score (nSPS) is 11.1. The Bertz CT molecular complexity index is 827. The zero-order chi connectivity index (χ0) is 13.6. The van der Waals surface area contributed by atoms with Gasteiger partial charge in [-0.2, -0.15) is 0 Å². The fraction of sp³-hybridized carbons (Fsp3) is 0. The number of halogens is 2. The van der Waals surface area contributed by atoms with Crippen LogP contribution < -0.4 is 5.73 Å². The maximum atomic E-state index is 11.6. The summed E-state index contributed by atoms with van der Waals surface area (Å²) in [5.41, 5.74) is 5.68. The van der Waals surface area contributed by atoms with Crippen LogP contribution in [-0.2, 0) is 0 Å². The molecule has 3 rings (SSSR count). The van der Waals surface area contributed by atoms with E-state index in [0.29, 0.717) is 5.02 Å². The molecule has 2 nitrogen and oxygen atoms in total. The van der Waals surface area contributed by atoms with Crippen molar-refractivity contribution in [3.8, 4) is 0 Å². The van der Waals surface area contributed by atoms with E-state index in [1.807, 2.05) is 36.4 Å². The smallest absolute Gasteiger partial charge is 0.250 e. The molecule has 0 radical (unpaired) electrons. The van der Waals surface area contributed by atoms with Crippen molar-refractivity contribution in [2.75, 3.05) is 0 Å². The summed E-state index contributed by atoms with van der Waals surface area (Å²) in [5.74, 6) is -0.576. The minimum atomic E-state index is -0.576. The number of hydrogen-bond acceptors (Lipinski definition) is 1. The third kappa shape index (κ3) is 1.93. The molecule has 0 fully saturated rings. The van der Waals surface area contributed by atoms with Gasteiger partial charge >= 0.3 is 0 Å². The zero-order valence-electron chi connectivity index (χ0n) is 9.78. The molecule has 2 N–H and O–H groups in total. The Morgan fingerprint density at radius 3 is 2.21 bits per heavy atom. The van der Waals surface area contributed by atoms with Crippen LogP contribution in [0.5, 0.6) is 0 Å². The van der Waals surface area contributed by atoms with Crippen molar-refractivity contribution in [2.45, 2.75) is 0 Å². The molecule has 3 aromatic rings. The number of fused-ring (bicyclic) bond motifs is 2. The van der Waals surface area contributed by atoms with Gasteiger partial charge in [-0.3, -0.25) is 4.79 Å². The molecule has 0 aliphatic rings. The average Bonchev–Trinajstić information content (AvgIpc) is 2.37. The Morgan fingerprint density at radius 1 is 0.947 bits per heavy atom. The van der Waals surface area contributed by atoms with E-state index in [1.165, 1.54) is 0 Å². The highest BCUT2D eigenvalue weighted by Crippen LogP contribution is 2.35. The average molecular weight is 290 g/mol. The highest BCUT2D eigenvalue weighted by atomic mass is 35.5. The molecule has 0 aliphatic heterocycles. The SMILES string of the molecule is NC(=O)c1c(Cl)c(Cl)cc2cc3ccccc3cc12. The van der Waals surface area contributed by atoms with Gasteiger partial charge in [0.15, 0.2) is 0 Å². The molecule has 4 heteroatoms. The molecule has 0 heterocycles. The van der Waals surface area contributed by atoms with Crippen LogP contribution in [0.2, 0.25) is 10.0 Å². The van der Waals surface area contributed by atoms with E-state index >= 15 is 0 Å². The maximum absolute atomic E-state index is 11.6. The Kier molecular flexibility index (Phi) is 2.85. The van der Waals surface area contributed by atoms with Crippen molar-refractivity contribution in [2.24, 2.45) is 5.73 Å². The van der Waals surface area contributed by atoms with Gasteiger partial charge in [-0.15, -0.1) is 0 Å². The van der Waals surface area contributed by atoms with Crippen molar-refractivity contribution in [1.82, 2.24) is 0 Å². The number of benzene rings is 3. The molecule has 0 saturated carbocycles. The largest absolute Gasteiger partial charge is 0.366 e. The quantitative estimate of drug-likeness (QED) is 0.663. The predicted octanol–water partition coefficient (Wildman–Crippen LogP) is 4.40. The summed E-state index contributed by atoms with van der Waals surface area (Å²) in [6, 6.07) is 13.5. The van der Waals surface area contributed by atoms with Gasteiger partial charge in [0.25, 0.3) is 5.91 Å². The molecule has 94 valence electrons. The molecule has 0 spiro atoms. The van der Waals surface area contributed by atoms with Gasteiger partial charge < -0.3 is 5.73 Å². The third-order valence-electron chi connectivity index (χ3n) is 3.14. The first kappa shape index (κ1) is 12.3. The van der Waals surface area contributed by atoms with E-state index in [1.54, 1.807) is 6.07 Å². The highest BCUT2D eigenvalue weighted by molar-refractivity contribution is 6.45. The first-order valence-electron chi connectivity index (χ1n) is 5.68. The van der Waals surface area contributed by atoms with E-state index in [9.17, 15) is 4.79 Å². The van der Waals surface area contributed by atoms with Gasteiger partial charge in [0.2, 0.25) is 0 Å². The van der Waals surface area contributed by atoms with Crippen LogP contribution in [0.15, 0.2) is 42.5 Å². The first-order valence-corrected chi connectivity index (χ1v) is 6.44. The van der Waals surface area contributed by atoms with Gasteiger partial charge in [-0.05, 0) is 39.7 Å². The number of rotatable bonds is 1. The molecule has 0 aromatic heterocycles. The molecule has 0 atom stereocenters. The van der Waals surface area contributed by atoms with Crippen molar-refractivity contribution < 1.29 is 4.79 Å². The van der Waals surface area contributed by atoms with Crippen molar-refractivity contribution in [1.29, 1.82) is 0 Å². The van der Waals surface area contributed by atoms with Crippen LogP contribution in [0.3, 0.4) is 0 Å². The Hall–Kier alpha value is -1.77. The van der Waals surface area contributed by atoms with Crippen LogP contribution in [-0.4, -0.2) is 5.91 Å². The lowest BCUT2D eigenvalue weighted by atomic mass is 9.99.